The maximum Gasteiger partial charge on any atom is 0.146 e. The maximum atomic E-state index is 11.4. The second-order valence-electron chi connectivity index (χ2n) is 13.3. The molecule has 1 aromatic carbocycles. The second-order valence-corrected chi connectivity index (χ2v) is 13.3. The van der Waals surface area contributed by atoms with E-state index in [1.54, 1.807) is 27.2 Å². The summed E-state index contributed by atoms with van der Waals surface area (Å²) in [5, 5.41) is 33.2. The lowest BCUT2D eigenvalue weighted by atomic mass is 9.86. The summed E-state index contributed by atoms with van der Waals surface area (Å²) in [5.41, 5.74) is -0.760. The first-order chi connectivity index (χ1) is 21.5. The lowest BCUT2D eigenvalue weighted by molar-refractivity contribution is -0.276. The number of fused-ring (bicyclic) bond motifs is 1. The molecule has 0 amide bonds. The van der Waals surface area contributed by atoms with Gasteiger partial charge in [-0.1, -0.05) is 56.3 Å². The van der Waals surface area contributed by atoms with Crippen LogP contribution >= 0.6 is 0 Å². The first kappa shape index (κ1) is 38.0. The van der Waals surface area contributed by atoms with Crippen LogP contribution in [0.25, 0.3) is 0 Å². The third kappa shape index (κ3) is 11.9. The standard InChI is InChI=1S/C35H58O10/c1-25(33(37)26(2)16-18-41-21-27-12-8-7-9-13-27)11-10-14-28(36)19-31-34(3,38)17-15-29-30(44-31)20-32(43-24-40-6)35(4,45-29)22-42-23-39-5/h7-10,12-14,25-26,28-33,36-38H,11,15-24H2,1-6H3/b14-10-/t25-,26+,28-,29-,30+,31-,32-,33+,34+,35+/m0/s1. The molecular formula is C35H58O10. The van der Waals surface area contributed by atoms with E-state index >= 15 is 0 Å². The van der Waals surface area contributed by atoms with E-state index in [2.05, 4.69) is 0 Å². The lowest BCUT2D eigenvalue weighted by Gasteiger charge is -2.47. The molecule has 3 rings (SSSR count). The van der Waals surface area contributed by atoms with E-state index in [1.807, 2.05) is 57.2 Å². The quantitative estimate of drug-likeness (QED) is 0.114. The number of benzene rings is 1. The molecule has 2 heterocycles. The summed E-state index contributed by atoms with van der Waals surface area (Å²) < 4.78 is 40.7. The second kappa shape index (κ2) is 18.8. The van der Waals surface area contributed by atoms with Crippen LogP contribution < -0.4 is 0 Å². The van der Waals surface area contributed by atoms with Crippen molar-refractivity contribution in [2.45, 2.75) is 121 Å². The van der Waals surface area contributed by atoms with Gasteiger partial charge in [0.05, 0.1) is 55.4 Å². The maximum absolute atomic E-state index is 11.4. The number of aliphatic hydroxyl groups excluding tert-OH is 2. The zero-order chi connectivity index (χ0) is 32.9. The molecule has 10 heteroatoms. The Bertz CT molecular complexity index is 974. The molecule has 2 fully saturated rings. The molecule has 10 nitrogen and oxygen atoms in total. The van der Waals surface area contributed by atoms with E-state index in [4.69, 9.17) is 33.2 Å². The summed E-state index contributed by atoms with van der Waals surface area (Å²) in [6.45, 7) is 9.44. The normalized spacial score (nSPS) is 31.7. The van der Waals surface area contributed by atoms with E-state index in [1.165, 1.54) is 0 Å². The summed E-state index contributed by atoms with van der Waals surface area (Å²) in [5.74, 6) is 0.0977. The van der Waals surface area contributed by atoms with Gasteiger partial charge in [0.1, 0.15) is 19.2 Å². The summed E-state index contributed by atoms with van der Waals surface area (Å²) in [4.78, 5) is 0. The monoisotopic (exact) mass is 638 g/mol. The van der Waals surface area contributed by atoms with Gasteiger partial charge in [-0.15, -0.1) is 0 Å². The van der Waals surface area contributed by atoms with Crippen LogP contribution in [-0.4, -0.2) is 104 Å². The number of methoxy groups -OCH3 is 2. The minimum Gasteiger partial charge on any atom is -0.393 e. The molecule has 0 bridgehead atoms. The van der Waals surface area contributed by atoms with Gasteiger partial charge in [0.2, 0.25) is 0 Å². The molecule has 0 unspecified atom stereocenters. The zero-order valence-corrected chi connectivity index (χ0v) is 28.1. The molecule has 0 aromatic heterocycles. The van der Waals surface area contributed by atoms with Crippen molar-refractivity contribution in [2.75, 3.05) is 41.0 Å². The molecular weight excluding hydrogens is 580 g/mol. The minimum atomic E-state index is -1.15. The number of hydrogen-bond acceptors (Lipinski definition) is 10. The Hall–Kier alpha value is -1.44. The summed E-state index contributed by atoms with van der Waals surface area (Å²) >= 11 is 0. The Morgan fingerprint density at radius 1 is 1.00 bits per heavy atom. The molecule has 2 saturated heterocycles. The average molecular weight is 639 g/mol. The van der Waals surface area contributed by atoms with Crippen molar-refractivity contribution >= 4 is 0 Å². The Kier molecular flexibility index (Phi) is 15.9. The smallest absolute Gasteiger partial charge is 0.146 e. The third-order valence-corrected chi connectivity index (χ3v) is 9.22. The minimum absolute atomic E-state index is 0.0150. The van der Waals surface area contributed by atoms with E-state index in [-0.39, 0.29) is 56.8 Å². The van der Waals surface area contributed by atoms with E-state index in [0.717, 1.165) is 12.0 Å². The van der Waals surface area contributed by atoms with Gasteiger partial charge in [-0.05, 0) is 56.9 Å². The SMILES string of the molecule is COCOC[C@@]1(C)O[C@H]2CC[C@@](C)(O)[C@H](C[C@@H](O)/C=C\C[C@H](C)[C@@H](O)[C@H](C)CCOCc3ccccc3)O[C@@H]2C[C@@H]1OCOC. The highest BCUT2D eigenvalue weighted by atomic mass is 16.7. The Morgan fingerprint density at radius 3 is 2.44 bits per heavy atom. The predicted octanol–water partition coefficient (Wildman–Crippen LogP) is 4.38. The van der Waals surface area contributed by atoms with Gasteiger partial charge in [0.15, 0.2) is 0 Å². The molecule has 2 aliphatic heterocycles. The molecule has 2 aliphatic rings. The van der Waals surface area contributed by atoms with Gasteiger partial charge in [-0.2, -0.15) is 0 Å². The van der Waals surface area contributed by atoms with Crippen LogP contribution in [0.3, 0.4) is 0 Å². The van der Waals surface area contributed by atoms with Crippen molar-refractivity contribution in [1.82, 2.24) is 0 Å². The van der Waals surface area contributed by atoms with Crippen LogP contribution in [0.1, 0.15) is 71.8 Å². The molecule has 0 saturated carbocycles. The van der Waals surface area contributed by atoms with Gasteiger partial charge in [0.25, 0.3) is 0 Å². The van der Waals surface area contributed by atoms with E-state index in [9.17, 15) is 15.3 Å². The number of rotatable bonds is 19. The van der Waals surface area contributed by atoms with Gasteiger partial charge < -0.3 is 48.5 Å². The van der Waals surface area contributed by atoms with Gasteiger partial charge >= 0.3 is 0 Å². The Morgan fingerprint density at radius 2 is 1.73 bits per heavy atom. The first-order valence-corrected chi connectivity index (χ1v) is 16.4. The Balaban J connectivity index is 1.50. The van der Waals surface area contributed by atoms with Gasteiger partial charge in [0, 0.05) is 33.7 Å². The van der Waals surface area contributed by atoms with Crippen molar-refractivity contribution < 1.29 is 48.5 Å². The molecule has 10 atom stereocenters. The van der Waals surface area contributed by atoms with Crippen LogP contribution in [0.4, 0.5) is 0 Å². The Labute approximate surface area is 269 Å². The fourth-order valence-electron chi connectivity index (χ4n) is 6.26. The van der Waals surface area contributed by atoms with Gasteiger partial charge in [-0.3, -0.25) is 0 Å². The molecule has 0 radical (unpaired) electrons. The largest absolute Gasteiger partial charge is 0.393 e. The molecule has 3 N–H and O–H groups in total. The van der Waals surface area contributed by atoms with Crippen LogP contribution in [0.15, 0.2) is 42.5 Å². The van der Waals surface area contributed by atoms with Crippen molar-refractivity contribution in [2.24, 2.45) is 11.8 Å². The van der Waals surface area contributed by atoms with Crippen molar-refractivity contribution in [3.8, 4) is 0 Å². The van der Waals surface area contributed by atoms with Crippen LogP contribution in [0, 0.1) is 11.8 Å². The van der Waals surface area contributed by atoms with Crippen LogP contribution in [-0.2, 0) is 39.8 Å². The van der Waals surface area contributed by atoms with Crippen LogP contribution in [0.2, 0.25) is 0 Å². The average Bonchev–Trinajstić information content (AvgIpc) is 3.13. The fourth-order valence-corrected chi connectivity index (χ4v) is 6.26. The number of allylic oxidation sites excluding steroid dienone is 1. The van der Waals surface area contributed by atoms with Crippen LogP contribution in [0.5, 0.6) is 0 Å². The number of ether oxygens (including phenoxy) is 7. The summed E-state index contributed by atoms with van der Waals surface area (Å²) in [7, 11) is 3.14. The highest BCUT2D eigenvalue weighted by Gasteiger charge is 2.51. The van der Waals surface area contributed by atoms with E-state index < -0.39 is 29.5 Å². The third-order valence-electron chi connectivity index (χ3n) is 9.22. The molecule has 1 aromatic rings. The first-order valence-electron chi connectivity index (χ1n) is 16.4. The number of hydrogen-bond donors (Lipinski definition) is 3. The van der Waals surface area contributed by atoms with E-state index in [0.29, 0.717) is 38.9 Å². The van der Waals surface area contributed by atoms with Crippen molar-refractivity contribution in [3.63, 3.8) is 0 Å². The highest BCUT2D eigenvalue weighted by molar-refractivity contribution is 5.13. The predicted molar refractivity (Wildman–Crippen MR) is 170 cm³/mol. The summed E-state index contributed by atoms with van der Waals surface area (Å²) in [6.07, 6.45) is 4.00. The fraction of sp³-hybridized carbons (Fsp3) is 0.771. The lowest BCUT2D eigenvalue weighted by Crippen LogP contribution is -2.58. The topological polar surface area (TPSA) is 125 Å². The van der Waals surface area contributed by atoms with Gasteiger partial charge in [-0.25, -0.2) is 0 Å². The number of aliphatic hydroxyl groups is 3. The molecule has 0 spiro atoms. The molecule has 0 aliphatic carbocycles. The molecule has 45 heavy (non-hydrogen) atoms. The summed E-state index contributed by atoms with van der Waals surface area (Å²) in [6, 6.07) is 10.1. The van der Waals surface area contributed by atoms with Crippen molar-refractivity contribution in [3.05, 3.63) is 48.0 Å². The van der Waals surface area contributed by atoms with Crippen molar-refractivity contribution in [1.29, 1.82) is 0 Å². The highest BCUT2D eigenvalue weighted by Crippen LogP contribution is 2.40. The molecule has 258 valence electrons. The zero-order valence-electron chi connectivity index (χ0n) is 28.1.